The van der Waals surface area contributed by atoms with Crippen molar-refractivity contribution in [1.29, 1.82) is 5.26 Å². The van der Waals surface area contributed by atoms with E-state index in [-0.39, 0.29) is 29.4 Å². The molecule has 11 heteroatoms. The highest BCUT2D eigenvalue weighted by Crippen LogP contribution is 2.54. The summed E-state index contributed by atoms with van der Waals surface area (Å²) >= 11 is -2.26. The quantitative estimate of drug-likeness (QED) is 0.304. The number of hydrogen-bond acceptors (Lipinski definition) is 7. The third-order valence-electron chi connectivity index (χ3n) is 6.77. The summed E-state index contributed by atoms with van der Waals surface area (Å²) in [7, 11) is 0. The zero-order chi connectivity index (χ0) is 27.7. The lowest BCUT2D eigenvalue weighted by molar-refractivity contribution is -0.115. The fourth-order valence-electron chi connectivity index (χ4n) is 4.44. The number of carbonyl (C=O) groups is 1. The lowest BCUT2D eigenvalue weighted by atomic mass is 9.93. The first-order valence-corrected chi connectivity index (χ1v) is 13.1. The summed E-state index contributed by atoms with van der Waals surface area (Å²) in [5.41, 5.74) is 0.956. The molecule has 1 aliphatic carbocycles. The van der Waals surface area contributed by atoms with Gasteiger partial charge in [0.25, 0.3) is 5.89 Å². The van der Waals surface area contributed by atoms with Gasteiger partial charge in [0.05, 0.1) is 23.5 Å². The number of anilines is 1. The molecule has 0 saturated heterocycles. The van der Waals surface area contributed by atoms with Crippen LogP contribution in [0.4, 0.5) is 14.5 Å². The van der Waals surface area contributed by atoms with Crippen LogP contribution in [0.3, 0.4) is 0 Å². The predicted octanol–water partition coefficient (Wildman–Crippen LogP) is 5.09. The van der Waals surface area contributed by atoms with Crippen molar-refractivity contribution in [3.8, 4) is 17.5 Å². The molecule has 1 heterocycles. The summed E-state index contributed by atoms with van der Waals surface area (Å²) in [6, 6.07) is 17.2. The van der Waals surface area contributed by atoms with Gasteiger partial charge in [0.15, 0.2) is 5.82 Å². The molecule has 1 aromatic heterocycles. The molecule has 4 aromatic rings. The zero-order valence-corrected chi connectivity index (χ0v) is 21.4. The van der Waals surface area contributed by atoms with E-state index in [0.29, 0.717) is 35.1 Å². The van der Waals surface area contributed by atoms with E-state index >= 15 is 8.78 Å². The number of nitrogens with one attached hydrogen (secondary N) is 1. The Balaban J connectivity index is 1.31. The lowest BCUT2D eigenvalue weighted by Crippen LogP contribution is -2.18. The van der Waals surface area contributed by atoms with E-state index in [0.717, 1.165) is 12.1 Å². The largest absolute Gasteiger partial charge is 0.772 e. The van der Waals surface area contributed by atoms with E-state index in [2.05, 4.69) is 15.5 Å². The Morgan fingerprint density at radius 1 is 1.15 bits per heavy atom. The van der Waals surface area contributed by atoms with Crippen molar-refractivity contribution in [3.05, 3.63) is 100 Å². The van der Waals surface area contributed by atoms with Gasteiger partial charge in [-0.3, -0.25) is 9.00 Å². The number of benzene rings is 3. The monoisotopic (exact) mass is 547 g/mol. The molecule has 8 nitrogen and oxygen atoms in total. The van der Waals surface area contributed by atoms with Gasteiger partial charge in [-0.2, -0.15) is 10.2 Å². The fraction of sp³-hybridized carbons (Fsp3) is 0.214. The molecule has 2 atom stereocenters. The molecule has 5 rings (SSSR count). The Hall–Kier alpha value is -4.27. The van der Waals surface area contributed by atoms with E-state index in [9.17, 15) is 13.6 Å². The summed E-state index contributed by atoms with van der Waals surface area (Å²) in [4.78, 5) is 16.9. The minimum Gasteiger partial charge on any atom is -0.772 e. The summed E-state index contributed by atoms with van der Waals surface area (Å²) < 4.78 is 58.1. The summed E-state index contributed by atoms with van der Waals surface area (Å²) in [6.45, 7) is 1.55. The van der Waals surface area contributed by atoms with Gasteiger partial charge in [0.2, 0.25) is 5.91 Å². The van der Waals surface area contributed by atoms with Crippen molar-refractivity contribution in [2.45, 2.75) is 36.9 Å². The summed E-state index contributed by atoms with van der Waals surface area (Å²) in [5, 5.41) is 14.8. The molecule has 1 N–H and O–H groups in total. The van der Waals surface area contributed by atoms with Crippen LogP contribution < -0.4 is 5.32 Å². The van der Waals surface area contributed by atoms with E-state index in [4.69, 9.17) is 9.78 Å². The molecule has 3 aromatic carbocycles. The summed E-state index contributed by atoms with van der Waals surface area (Å²) in [5.74, 6) is -1.82. The van der Waals surface area contributed by atoms with Gasteiger partial charge in [-0.1, -0.05) is 29.4 Å². The number of halogens is 2. The first kappa shape index (κ1) is 26.3. The Kier molecular flexibility index (Phi) is 7.08. The van der Waals surface area contributed by atoms with Crippen molar-refractivity contribution in [2.24, 2.45) is 0 Å². The molecule has 1 amide bonds. The van der Waals surface area contributed by atoms with Crippen molar-refractivity contribution >= 4 is 22.7 Å². The van der Waals surface area contributed by atoms with Crippen LogP contribution >= 0.6 is 0 Å². The summed E-state index contributed by atoms with van der Waals surface area (Å²) in [6.07, 6.45) is 0.784. The Morgan fingerprint density at radius 3 is 2.36 bits per heavy atom. The van der Waals surface area contributed by atoms with Crippen molar-refractivity contribution in [3.63, 3.8) is 0 Å². The van der Waals surface area contributed by atoms with E-state index in [1.165, 1.54) is 0 Å². The standard InChI is InChI=1S/C28H22F2N4O4S/c1-16(39(36)37)19-6-2-17(3-7-19)12-24(35)32-21-13-22(29)25(23(30)14-21)28(10-11-28)27-33-26(38-34-27)20-8-4-18(15-31)5-9-20/h2-9,13-14,16H,10-12H2,1H3,(H,32,35)(H,36,37)/p-1. The van der Waals surface area contributed by atoms with E-state index < -0.39 is 39.3 Å². The molecule has 1 aliphatic rings. The molecule has 198 valence electrons. The SMILES string of the molecule is CC(c1ccc(CC(=O)Nc2cc(F)c(C3(c4noc(-c5ccc(C#N)cc5)n4)CC3)c(F)c2)cc1)S(=O)[O-]. The molecular weight excluding hydrogens is 526 g/mol. The van der Waals surface area contributed by atoms with Crippen LogP contribution in [0.1, 0.15) is 53.1 Å². The van der Waals surface area contributed by atoms with E-state index in [1.807, 2.05) is 6.07 Å². The first-order valence-electron chi connectivity index (χ1n) is 12.0. The Bertz CT molecular complexity index is 1590. The highest BCUT2D eigenvalue weighted by Gasteiger charge is 2.53. The van der Waals surface area contributed by atoms with Crippen LogP contribution in [0.5, 0.6) is 0 Å². The second-order valence-corrected chi connectivity index (χ2v) is 10.6. The second-order valence-electron chi connectivity index (χ2n) is 9.38. The predicted molar refractivity (Wildman–Crippen MR) is 137 cm³/mol. The molecular formula is C28H21F2N4O4S-. The average Bonchev–Trinajstić information content (AvgIpc) is 3.54. The maximum atomic E-state index is 15.2. The highest BCUT2D eigenvalue weighted by molar-refractivity contribution is 7.79. The maximum absolute atomic E-state index is 15.2. The van der Waals surface area contributed by atoms with Gasteiger partial charge < -0.3 is 14.4 Å². The van der Waals surface area contributed by atoms with Gasteiger partial charge in [-0.25, -0.2) is 8.78 Å². The number of nitrogens with zero attached hydrogens (tertiary/aromatic N) is 3. The van der Waals surface area contributed by atoms with Gasteiger partial charge in [0.1, 0.15) is 11.6 Å². The van der Waals surface area contributed by atoms with Crippen LogP contribution in [0.15, 0.2) is 65.2 Å². The molecule has 1 fully saturated rings. The topological polar surface area (TPSA) is 132 Å². The Morgan fingerprint density at radius 2 is 1.79 bits per heavy atom. The van der Waals surface area contributed by atoms with Crippen LogP contribution in [0, 0.1) is 23.0 Å². The number of carbonyl (C=O) groups excluding carboxylic acids is 1. The van der Waals surface area contributed by atoms with E-state index in [1.54, 1.807) is 55.5 Å². The van der Waals surface area contributed by atoms with Gasteiger partial charge >= 0.3 is 0 Å². The number of nitriles is 1. The van der Waals surface area contributed by atoms with Crippen LogP contribution in [-0.4, -0.2) is 24.8 Å². The van der Waals surface area contributed by atoms with Crippen LogP contribution in [-0.2, 0) is 27.7 Å². The molecule has 1 saturated carbocycles. The molecule has 0 bridgehead atoms. The molecule has 39 heavy (non-hydrogen) atoms. The third-order valence-corrected chi connectivity index (χ3v) is 7.62. The third kappa shape index (κ3) is 5.34. The first-order chi connectivity index (χ1) is 18.7. The molecule has 0 radical (unpaired) electrons. The lowest BCUT2D eigenvalue weighted by Gasteiger charge is -2.16. The average molecular weight is 548 g/mol. The maximum Gasteiger partial charge on any atom is 0.257 e. The van der Waals surface area contributed by atoms with Crippen molar-refractivity contribution in [1.82, 2.24) is 10.1 Å². The number of aromatic nitrogens is 2. The highest BCUT2D eigenvalue weighted by atomic mass is 32.2. The van der Waals surface area contributed by atoms with Gasteiger partial charge in [0, 0.05) is 22.1 Å². The van der Waals surface area contributed by atoms with Crippen LogP contribution in [0.2, 0.25) is 0 Å². The van der Waals surface area contributed by atoms with Gasteiger partial charge in [-0.05, 0) is 78.4 Å². The Labute approximate surface area is 225 Å². The number of hydrogen-bond donors (Lipinski definition) is 1. The normalized spacial score (nSPS) is 15.3. The minimum absolute atomic E-state index is 0.0343. The molecule has 0 spiro atoms. The smallest absolute Gasteiger partial charge is 0.257 e. The number of amides is 1. The van der Waals surface area contributed by atoms with Gasteiger partial charge in [-0.15, -0.1) is 0 Å². The van der Waals surface area contributed by atoms with Crippen molar-refractivity contribution in [2.75, 3.05) is 5.32 Å². The van der Waals surface area contributed by atoms with Crippen LogP contribution in [0.25, 0.3) is 11.5 Å². The fourth-order valence-corrected chi connectivity index (χ4v) is 4.82. The van der Waals surface area contributed by atoms with Crippen molar-refractivity contribution < 1.29 is 26.9 Å². The minimum atomic E-state index is -2.26. The molecule has 0 aliphatic heterocycles. The zero-order valence-electron chi connectivity index (χ0n) is 20.6. The molecule has 2 unspecified atom stereocenters. The second kappa shape index (κ2) is 10.5. The number of rotatable bonds is 8.